The van der Waals surface area contributed by atoms with Gasteiger partial charge in [-0.2, -0.15) is 0 Å². The largest absolute Gasteiger partial charge is 0.492 e. The Kier molecular flexibility index (Phi) is 7.54. The number of hydrogen-bond acceptors (Lipinski definition) is 7. The number of carbonyl (C=O) groups is 2. The Morgan fingerprint density at radius 2 is 1.87 bits per heavy atom. The third-order valence-electron chi connectivity index (χ3n) is 5.41. The molecule has 2 aliphatic heterocycles. The number of fused-ring (bicyclic) bond motifs is 2. The van der Waals surface area contributed by atoms with Gasteiger partial charge in [-0.1, -0.05) is 25.7 Å². The first kappa shape index (κ1) is 21.9. The van der Waals surface area contributed by atoms with Crippen LogP contribution in [0.25, 0.3) is 0 Å². The zero-order chi connectivity index (χ0) is 21.5. The highest BCUT2D eigenvalue weighted by Crippen LogP contribution is 2.41. The molecule has 0 aromatic heterocycles. The lowest BCUT2D eigenvalue weighted by Gasteiger charge is -2.28. The Bertz CT molecular complexity index is 808. The van der Waals surface area contributed by atoms with Crippen molar-refractivity contribution in [3.8, 4) is 11.5 Å². The van der Waals surface area contributed by atoms with Gasteiger partial charge in [0.05, 0.1) is 32.6 Å². The molecule has 1 fully saturated rings. The summed E-state index contributed by atoms with van der Waals surface area (Å²) in [5.74, 6) is 1.75. The summed E-state index contributed by atoms with van der Waals surface area (Å²) in [5, 5.41) is 2.82. The zero-order valence-electron chi connectivity index (χ0n) is 18.0. The average Bonchev–Trinajstić information content (AvgIpc) is 3.00. The van der Waals surface area contributed by atoms with Gasteiger partial charge in [-0.05, 0) is 31.9 Å². The molecule has 0 radical (unpaired) electrons. The van der Waals surface area contributed by atoms with E-state index in [1.54, 1.807) is 7.11 Å². The third-order valence-corrected chi connectivity index (χ3v) is 5.41. The minimum Gasteiger partial charge on any atom is -0.492 e. The summed E-state index contributed by atoms with van der Waals surface area (Å²) in [6.07, 6.45) is 6.31. The van der Waals surface area contributed by atoms with E-state index < -0.39 is 0 Å². The van der Waals surface area contributed by atoms with Crippen LogP contribution in [0.4, 0.5) is 5.69 Å². The number of rotatable bonds is 11. The summed E-state index contributed by atoms with van der Waals surface area (Å²) < 4.78 is 16.6. The maximum Gasteiger partial charge on any atom is 0.302 e. The van der Waals surface area contributed by atoms with Crippen molar-refractivity contribution >= 4 is 23.5 Å². The molecule has 8 heteroatoms. The Morgan fingerprint density at radius 1 is 1.17 bits per heavy atom. The predicted octanol–water partition coefficient (Wildman–Crippen LogP) is 3.30. The molecule has 1 aromatic carbocycles. The Labute approximate surface area is 177 Å². The number of methoxy groups -OCH3 is 1. The molecular weight excluding hydrogens is 386 g/mol. The minimum atomic E-state index is -0.250. The van der Waals surface area contributed by atoms with Crippen LogP contribution in [-0.2, 0) is 20.9 Å². The van der Waals surface area contributed by atoms with Crippen LogP contribution < -0.4 is 14.8 Å². The van der Waals surface area contributed by atoms with Crippen LogP contribution in [-0.4, -0.2) is 49.1 Å². The van der Waals surface area contributed by atoms with E-state index in [2.05, 4.69) is 10.3 Å². The van der Waals surface area contributed by atoms with Gasteiger partial charge in [-0.15, -0.1) is 0 Å². The van der Waals surface area contributed by atoms with E-state index in [0.29, 0.717) is 37.2 Å². The number of benzene rings is 1. The molecule has 1 saturated heterocycles. The molecule has 0 saturated carbocycles. The van der Waals surface area contributed by atoms with Gasteiger partial charge < -0.3 is 19.1 Å². The zero-order valence-corrected chi connectivity index (χ0v) is 18.0. The molecule has 2 heterocycles. The standard InChI is InChI=1S/C22H31N3O5/c1-15-21(27)24-22-23-18-10-11-19(20(28-3)17(18)14-25(15)22)30-13-9-7-5-4-6-8-12-29-16(2)26/h10-11,15H,4-9,12-14H2,1-3H3,(H,23,24,27). The lowest BCUT2D eigenvalue weighted by molar-refractivity contribution is -0.141. The highest BCUT2D eigenvalue weighted by Gasteiger charge is 2.37. The van der Waals surface area contributed by atoms with E-state index in [0.717, 1.165) is 49.8 Å². The van der Waals surface area contributed by atoms with Crippen LogP contribution in [0.5, 0.6) is 11.5 Å². The van der Waals surface area contributed by atoms with Crippen molar-refractivity contribution in [1.82, 2.24) is 10.2 Å². The van der Waals surface area contributed by atoms with Crippen molar-refractivity contribution in [2.45, 2.75) is 65.0 Å². The molecule has 2 aliphatic rings. The summed E-state index contributed by atoms with van der Waals surface area (Å²) in [4.78, 5) is 29.1. The van der Waals surface area contributed by atoms with Crippen LogP contribution in [0.3, 0.4) is 0 Å². The number of ether oxygens (including phenoxy) is 3. The van der Waals surface area contributed by atoms with E-state index in [-0.39, 0.29) is 17.9 Å². The summed E-state index contributed by atoms with van der Waals surface area (Å²) in [7, 11) is 1.63. The van der Waals surface area contributed by atoms with Crippen LogP contribution in [0.15, 0.2) is 17.1 Å². The lowest BCUT2D eigenvalue weighted by Crippen LogP contribution is -2.35. The molecule has 1 atom stereocenters. The third kappa shape index (κ3) is 5.23. The van der Waals surface area contributed by atoms with Gasteiger partial charge in [0.25, 0.3) is 0 Å². The van der Waals surface area contributed by atoms with Gasteiger partial charge in [-0.3, -0.25) is 14.9 Å². The first-order chi connectivity index (χ1) is 14.5. The maximum atomic E-state index is 11.9. The quantitative estimate of drug-likeness (QED) is 0.439. The van der Waals surface area contributed by atoms with Gasteiger partial charge in [0.15, 0.2) is 11.5 Å². The van der Waals surface area contributed by atoms with Gasteiger partial charge in [0.2, 0.25) is 11.9 Å². The summed E-state index contributed by atoms with van der Waals surface area (Å²) in [6.45, 7) is 5.00. The fraction of sp³-hybridized carbons (Fsp3) is 0.591. The Morgan fingerprint density at radius 3 is 2.57 bits per heavy atom. The van der Waals surface area contributed by atoms with Gasteiger partial charge >= 0.3 is 5.97 Å². The van der Waals surface area contributed by atoms with Crippen LogP contribution >= 0.6 is 0 Å². The number of aliphatic imine (C=N–C) groups is 1. The molecule has 1 N–H and O–H groups in total. The van der Waals surface area contributed by atoms with E-state index >= 15 is 0 Å². The van der Waals surface area contributed by atoms with Crippen LogP contribution in [0, 0.1) is 0 Å². The van der Waals surface area contributed by atoms with Gasteiger partial charge in [0.1, 0.15) is 6.04 Å². The van der Waals surface area contributed by atoms with Crippen molar-refractivity contribution in [3.63, 3.8) is 0 Å². The van der Waals surface area contributed by atoms with E-state index in [4.69, 9.17) is 14.2 Å². The predicted molar refractivity (Wildman–Crippen MR) is 113 cm³/mol. The second kappa shape index (κ2) is 10.3. The summed E-state index contributed by atoms with van der Waals surface area (Å²) in [5.41, 5.74) is 1.74. The molecule has 164 valence electrons. The highest BCUT2D eigenvalue weighted by atomic mass is 16.5. The smallest absolute Gasteiger partial charge is 0.302 e. The van der Waals surface area contributed by atoms with Crippen LogP contribution in [0.1, 0.15) is 57.9 Å². The monoisotopic (exact) mass is 417 g/mol. The number of hydrogen-bond donors (Lipinski definition) is 1. The number of nitrogens with one attached hydrogen (secondary N) is 1. The van der Waals surface area contributed by atoms with Crippen molar-refractivity contribution < 1.29 is 23.8 Å². The fourth-order valence-electron chi connectivity index (χ4n) is 3.70. The molecule has 0 bridgehead atoms. The van der Waals surface area contributed by atoms with Crippen molar-refractivity contribution in [3.05, 3.63) is 17.7 Å². The second-order valence-corrected chi connectivity index (χ2v) is 7.63. The summed E-state index contributed by atoms with van der Waals surface area (Å²) in [6, 6.07) is 3.54. The number of guanidine groups is 1. The topological polar surface area (TPSA) is 89.5 Å². The first-order valence-corrected chi connectivity index (χ1v) is 10.6. The molecule has 0 aliphatic carbocycles. The molecule has 3 rings (SSSR count). The number of esters is 1. The average molecular weight is 418 g/mol. The number of unbranched alkanes of at least 4 members (excludes halogenated alkanes) is 5. The number of amides is 1. The Hall–Kier alpha value is -2.77. The van der Waals surface area contributed by atoms with E-state index in [1.807, 2.05) is 24.0 Å². The Balaban J connectivity index is 1.45. The number of carbonyl (C=O) groups excluding carboxylic acids is 2. The molecule has 30 heavy (non-hydrogen) atoms. The molecule has 1 amide bonds. The van der Waals surface area contributed by atoms with Crippen molar-refractivity contribution in [2.24, 2.45) is 4.99 Å². The molecule has 1 aromatic rings. The van der Waals surface area contributed by atoms with E-state index in [9.17, 15) is 9.59 Å². The second-order valence-electron chi connectivity index (χ2n) is 7.63. The molecule has 8 nitrogen and oxygen atoms in total. The summed E-state index contributed by atoms with van der Waals surface area (Å²) >= 11 is 0. The fourth-order valence-corrected chi connectivity index (χ4v) is 3.70. The minimum absolute atomic E-state index is 0.0385. The lowest BCUT2D eigenvalue weighted by atomic mass is 10.1. The van der Waals surface area contributed by atoms with Crippen LogP contribution in [0.2, 0.25) is 0 Å². The van der Waals surface area contributed by atoms with Gasteiger partial charge in [0, 0.05) is 12.5 Å². The van der Waals surface area contributed by atoms with Gasteiger partial charge in [-0.25, -0.2) is 4.99 Å². The van der Waals surface area contributed by atoms with Crippen molar-refractivity contribution in [2.75, 3.05) is 20.3 Å². The molecule has 1 unspecified atom stereocenters. The molecular formula is C22H31N3O5. The maximum absolute atomic E-state index is 11.9. The first-order valence-electron chi connectivity index (χ1n) is 10.6. The number of nitrogens with zero attached hydrogens (tertiary/aromatic N) is 2. The highest BCUT2D eigenvalue weighted by molar-refractivity contribution is 6.07. The SMILES string of the molecule is COc1c(OCCCCCCCCOC(C)=O)ccc2c1CN1C(=N2)NC(=O)C1C. The molecule has 0 spiro atoms. The normalized spacial score (nSPS) is 17.0. The van der Waals surface area contributed by atoms with E-state index in [1.165, 1.54) is 6.92 Å². The van der Waals surface area contributed by atoms with Crippen molar-refractivity contribution in [1.29, 1.82) is 0 Å².